The molecular weight excluding hydrogens is 260 g/mol. The molecule has 4 nitrogen and oxygen atoms in total. The zero-order chi connectivity index (χ0) is 13.5. The Bertz CT molecular complexity index is 277. The smallest absolute Gasteiger partial charge is 0.223 e. The summed E-state index contributed by atoms with van der Waals surface area (Å²) in [6.45, 7) is 3.51. The van der Waals surface area contributed by atoms with Gasteiger partial charge in [-0.1, -0.05) is 0 Å². The van der Waals surface area contributed by atoms with Crippen LogP contribution in [0.5, 0.6) is 0 Å². The Morgan fingerprint density at radius 2 is 2.37 bits per heavy atom. The summed E-state index contributed by atoms with van der Waals surface area (Å²) in [4.78, 5) is 14.6. The number of piperidine rings is 1. The second kappa shape index (κ2) is 8.12. The Morgan fingerprint density at radius 3 is 3.00 bits per heavy atom. The van der Waals surface area contributed by atoms with Crippen LogP contribution in [0.2, 0.25) is 0 Å². The normalized spacial score (nSPS) is 27.4. The Labute approximate surface area is 120 Å². The monoisotopic (exact) mass is 286 g/mol. The molecule has 2 saturated heterocycles. The van der Waals surface area contributed by atoms with Crippen LogP contribution in [-0.4, -0.2) is 61.7 Å². The van der Waals surface area contributed by atoms with Crippen LogP contribution in [0.3, 0.4) is 0 Å². The van der Waals surface area contributed by atoms with Gasteiger partial charge in [0.25, 0.3) is 0 Å². The van der Waals surface area contributed by atoms with Gasteiger partial charge in [-0.3, -0.25) is 4.79 Å². The fraction of sp³-hybridized carbons (Fsp3) is 0.929. The summed E-state index contributed by atoms with van der Waals surface area (Å²) in [5.41, 5.74) is 0. The minimum Gasteiger partial charge on any atom is -0.383 e. The molecule has 0 aromatic rings. The van der Waals surface area contributed by atoms with E-state index in [2.05, 4.69) is 10.2 Å². The second-order valence-corrected chi connectivity index (χ2v) is 6.66. The maximum Gasteiger partial charge on any atom is 0.223 e. The van der Waals surface area contributed by atoms with Crippen LogP contribution in [0.15, 0.2) is 0 Å². The Kier molecular flexibility index (Phi) is 6.47. The average Bonchev–Trinajstić information content (AvgIpc) is 2.94. The van der Waals surface area contributed by atoms with E-state index in [9.17, 15) is 4.79 Å². The van der Waals surface area contributed by atoms with Gasteiger partial charge < -0.3 is 15.0 Å². The fourth-order valence-electron chi connectivity index (χ4n) is 2.93. The van der Waals surface area contributed by atoms with Crippen LogP contribution in [0, 0.1) is 5.92 Å². The van der Waals surface area contributed by atoms with Gasteiger partial charge in [0, 0.05) is 31.9 Å². The number of rotatable bonds is 6. The Hall–Kier alpha value is -0.260. The second-order valence-electron chi connectivity index (χ2n) is 5.51. The van der Waals surface area contributed by atoms with Crippen molar-refractivity contribution in [3.05, 3.63) is 0 Å². The molecule has 0 saturated carbocycles. The molecule has 110 valence electrons. The molecule has 19 heavy (non-hydrogen) atoms. The van der Waals surface area contributed by atoms with Gasteiger partial charge in [-0.25, -0.2) is 0 Å². The fourth-order valence-corrected chi connectivity index (χ4v) is 4.15. The third-order valence-corrected chi connectivity index (χ3v) is 5.21. The van der Waals surface area contributed by atoms with Crippen molar-refractivity contribution in [2.45, 2.75) is 31.7 Å². The number of ether oxygens (including phenoxy) is 1. The lowest BCUT2D eigenvalue weighted by atomic mass is 9.95. The highest BCUT2D eigenvalue weighted by molar-refractivity contribution is 7.99. The standard InChI is InChI=1S/C14H26N2O2S/c1-18-7-6-16(13-4-8-19-11-13)14(17)9-12-3-2-5-15-10-12/h12-13,15H,2-11H2,1H3. The van der Waals surface area contributed by atoms with Gasteiger partial charge in [0.2, 0.25) is 5.91 Å². The molecule has 0 aromatic heterocycles. The number of thioether (sulfide) groups is 1. The summed E-state index contributed by atoms with van der Waals surface area (Å²) in [5, 5.41) is 3.39. The Balaban J connectivity index is 1.86. The molecule has 2 unspecified atom stereocenters. The number of methoxy groups -OCH3 is 1. The lowest BCUT2D eigenvalue weighted by Gasteiger charge is -2.31. The van der Waals surface area contributed by atoms with E-state index in [1.165, 1.54) is 18.6 Å². The summed E-state index contributed by atoms with van der Waals surface area (Å²) in [7, 11) is 1.71. The first-order valence-corrected chi connectivity index (χ1v) is 8.53. The topological polar surface area (TPSA) is 41.6 Å². The zero-order valence-corrected chi connectivity index (χ0v) is 12.7. The van der Waals surface area contributed by atoms with Gasteiger partial charge >= 0.3 is 0 Å². The number of amides is 1. The van der Waals surface area contributed by atoms with Crippen molar-refractivity contribution in [2.24, 2.45) is 5.92 Å². The molecule has 2 heterocycles. The van der Waals surface area contributed by atoms with Gasteiger partial charge in [0.05, 0.1) is 6.61 Å². The maximum absolute atomic E-state index is 12.5. The van der Waals surface area contributed by atoms with Crippen molar-refractivity contribution < 1.29 is 9.53 Å². The summed E-state index contributed by atoms with van der Waals surface area (Å²) < 4.78 is 5.16. The molecule has 0 aliphatic carbocycles. The first-order valence-electron chi connectivity index (χ1n) is 7.38. The van der Waals surface area contributed by atoms with Crippen LogP contribution in [0.4, 0.5) is 0 Å². The molecule has 2 aliphatic heterocycles. The van der Waals surface area contributed by atoms with Crippen LogP contribution < -0.4 is 5.32 Å². The highest BCUT2D eigenvalue weighted by Crippen LogP contribution is 2.24. The van der Waals surface area contributed by atoms with Gasteiger partial charge in [-0.15, -0.1) is 0 Å². The van der Waals surface area contributed by atoms with Crippen molar-refractivity contribution >= 4 is 17.7 Å². The van der Waals surface area contributed by atoms with Gasteiger partial charge in [0.15, 0.2) is 0 Å². The summed E-state index contributed by atoms with van der Waals surface area (Å²) in [6, 6.07) is 0.434. The Morgan fingerprint density at radius 1 is 1.47 bits per heavy atom. The van der Waals surface area contributed by atoms with E-state index >= 15 is 0 Å². The lowest BCUT2D eigenvalue weighted by molar-refractivity contribution is -0.135. The van der Waals surface area contributed by atoms with E-state index in [0.29, 0.717) is 30.9 Å². The van der Waals surface area contributed by atoms with Crippen molar-refractivity contribution in [3.63, 3.8) is 0 Å². The molecule has 0 bridgehead atoms. The van der Waals surface area contributed by atoms with Crippen LogP contribution in [0.1, 0.15) is 25.7 Å². The van der Waals surface area contributed by atoms with Gasteiger partial charge in [0.1, 0.15) is 0 Å². The predicted octanol–water partition coefficient (Wildman–Crippen LogP) is 1.36. The van der Waals surface area contributed by atoms with Crippen molar-refractivity contribution in [3.8, 4) is 0 Å². The number of hydrogen-bond donors (Lipinski definition) is 1. The van der Waals surface area contributed by atoms with Crippen molar-refractivity contribution in [1.82, 2.24) is 10.2 Å². The minimum absolute atomic E-state index is 0.332. The quantitative estimate of drug-likeness (QED) is 0.800. The number of carbonyl (C=O) groups excluding carboxylic acids is 1. The van der Waals surface area contributed by atoms with Crippen LogP contribution >= 0.6 is 11.8 Å². The predicted molar refractivity (Wildman–Crippen MR) is 79.5 cm³/mol. The molecule has 2 atom stereocenters. The van der Waals surface area contributed by atoms with Crippen molar-refractivity contribution in [2.75, 3.05) is 44.9 Å². The van der Waals surface area contributed by atoms with Crippen LogP contribution in [-0.2, 0) is 9.53 Å². The molecule has 0 spiro atoms. The molecule has 1 N–H and O–H groups in total. The van der Waals surface area contributed by atoms with Crippen LogP contribution in [0.25, 0.3) is 0 Å². The summed E-state index contributed by atoms with van der Waals surface area (Å²) >= 11 is 1.96. The molecular formula is C14H26N2O2S. The maximum atomic E-state index is 12.5. The van der Waals surface area contributed by atoms with E-state index < -0.39 is 0 Å². The number of nitrogens with zero attached hydrogens (tertiary/aromatic N) is 1. The zero-order valence-electron chi connectivity index (χ0n) is 11.9. The van der Waals surface area contributed by atoms with E-state index in [1.54, 1.807) is 7.11 Å². The third kappa shape index (κ3) is 4.65. The molecule has 2 rings (SSSR count). The van der Waals surface area contributed by atoms with Gasteiger partial charge in [-0.05, 0) is 44.0 Å². The largest absolute Gasteiger partial charge is 0.383 e. The highest BCUT2D eigenvalue weighted by atomic mass is 32.2. The number of nitrogens with one attached hydrogen (secondary N) is 1. The van der Waals surface area contributed by atoms with E-state index in [4.69, 9.17) is 4.74 Å². The number of hydrogen-bond acceptors (Lipinski definition) is 4. The average molecular weight is 286 g/mol. The SMILES string of the molecule is COCCN(C(=O)CC1CCCNC1)C1CCSC1. The van der Waals surface area contributed by atoms with E-state index in [0.717, 1.165) is 31.8 Å². The first kappa shape index (κ1) is 15.1. The molecule has 0 radical (unpaired) electrons. The molecule has 1 amide bonds. The van der Waals surface area contributed by atoms with Gasteiger partial charge in [-0.2, -0.15) is 11.8 Å². The third-order valence-electron chi connectivity index (χ3n) is 4.07. The van der Waals surface area contributed by atoms with E-state index in [1.807, 2.05) is 11.8 Å². The highest BCUT2D eigenvalue weighted by Gasteiger charge is 2.28. The molecule has 2 aliphatic rings. The summed E-state index contributed by atoms with van der Waals surface area (Å²) in [6.07, 6.45) is 4.24. The number of carbonyl (C=O) groups is 1. The minimum atomic E-state index is 0.332. The molecule has 0 aromatic carbocycles. The molecule has 5 heteroatoms. The first-order chi connectivity index (χ1) is 9.31. The van der Waals surface area contributed by atoms with E-state index in [-0.39, 0.29) is 0 Å². The van der Waals surface area contributed by atoms with Crippen molar-refractivity contribution in [1.29, 1.82) is 0 Å². The molecule has 2 fully saturated rings. The lowest BCUT2D eigenvalue weighted by Crippen LogP contribution is -2.44. The summed E-state index contributed by atoms with van der Waals surface area (Å²) in [5.74, 6) is 3.14.